The lowest BCUT2D eigenvalue weighted by molar-refractivity contribution is 0.0919. The van der Waals surface area contributed by atoms with E-state index in [9.17, 15) is 5.11 Å². The van der Waals surface area contributed by atoms with Crippen LogP contribution in [0.1, 0.15) is 33.1 Å². The van der Waals surface area contributed by atoms with Gasteiger partial charge in [0, 0.05) is 5.57 Å². The van der Waals surface area contributed by atoms with Gasteiger partial charge in [0.25, 0.3) is 0 Å². The molecule has 1 atom stereocenters. The van der Waals surface area contributed by atoms with Gasteiger partial charge in [-0.25, -0.2) is 0 Å². The SMILES string of the molecule is C=C=C(CCC)[C@@](C)(O)CCP(C)C. The predicted molar refractivity (Wildman–Crippen MR) is 66.4 cm³/mol. The molecule has 0 saturated carbocycles. The minimum atomic E-state index is -0.690. The second-order valence-electron chi connectivity index (χ2n) is 4.23. The first-order valence-corrected chi connectivity index (χ1v) is 7.62. The highest BCUT2D eigenvalue weighted by molar-refractivity contribution is 7.55. The van der Waals surface area contributed by atoms with Crippen molar-refractivity contribution in [2.45, 2.75) is 38.7 Å². The Morgan fingerprint density at radius 1 is 1.50 bits per heavy atom. The van der Waals surface area contributed by atoms with E-state index in [2.05, 4.69) is 32.6 Å². The first-order chi connectivity index (χ1) is 6.44. The van der Waals surface area contributed by atoms with Gasteiger partial charge in [0.15, 0.2) is 0 Å². The molecular weight excluding hydrogens is 191 g/mol. The van der Waals surface area contributed by atoms with Crippen molar-refractivity contribution in [2.24, 2.45) is 0 Å². The van der Waals surface area contributed by atoms with Crippen molar-refractivity contribution < 1.29 is 5.11 Å². The highest BCUT2D eigenvalue weighted by atomic mass is 31.1. The Morgan fingerprint density at radius 3 is 2.43 bits per heavy atom. The molecule has 0 saturated heterocycles. The van der Waals surface area contributed by atoms with E-state index >= 15 is 0 Å². The molecule has 2 heteroatoms. The maximum absolute atomic E-state index is 10.2. The monoisotopic (exact) mass is 214 g/mol. The molecule has 0 aromatic carbocycles. The van der Waals surface area contributed by atoms with Gasteiger partial charge in [0.1, 0.15) is 0 Å². The molecular formula is C12H23OP. The van der Waals surface area contributed by atoms with E-state index in [-0.39, 0.29) is 7.92 Å². The molecule has 0 heterocycles. The number of aliphatic hydroxyl groups is 1. The topological polar surface area (TPSA) is 20.2 Å². The Kier molecular flexibility index (Phi) is 6.36. The summed E-state index contributed by atoms with van der Waals surface area (Å²) in [5.41, 5.74) is 3.17. The number of hydrogen-bond acceptors (Lipinski definition) is 1. The van der Waals surface area contributed by atoms with Crippen LogP contribution in [0.15, 0.2) is 17.9 Å². The van der Waals surface area contributed by atoms with Crippen LogP contribution in [0.5, 0.6) is 0 Å². The van der Waals surface area contributed by atoms with Crippen LogP contribution in [-0.2, 0) is 0 Å². The second kappa shape index (κ2) is 6.40. The van der Waals surface area contributed by atoms with Crippen molar-refractivity contribution >= 4 is 7.92 Å². The lowest BCUT2D eigenvalue weighted by atomic mass is 9.90. The Labute approximate surface area is 89.7 Å². The van der Waals surface area contributed by atoms with Gasteiger partial charge < -0.3 is 5.11 Å². The first kappa shape index (κ1) is 13.9. The first-order valence-electron chi connectivity index (χ1n) is 5.20. The maximum Gasteiger partial charge on any atom is 0.0905 e. The van der Waals surface area contributed by atoms with Gasteiger partial charge in [0.2, 0.25) is 0 Å². The Hall–Kier alpha value is -0.0900. The largest absolute Gasteiger partial charge is 0.385 e. The summed E-state index contributed by atoms with van der Waals surface area (Å²) in [5, 5.41) is 10.2. The smallest absolute Gasteiger partial charge is 0.0905 e. The van der Waals surface area contributed by atoms with Crippen molar-refractivity contribution in [3.8, 4) is 0 Å². The highest BCUT2D eigenvalue weighted by Gasteiger charge is 2.24. The molecule has 0 aliphatic carbocycles. The Bertz CT molecular complexity index is 212. The summed E-state index contributed by atoms with van der Waals surface area (Å²) in [4.78, 5) is 0. The van der Waals surface area contributed by atoms with Gasteiger partial charge in [0.05, 0.1) is 5.60 Å². The number of rotatable bonds is 6. The standard InChI is InChI=1S/C12H23OP/c1-6-8-11(7-2)12(3,13)9-10-14(4)5/h13H,2,6,8-10H2,1,3-5H3/t12-/m0/s1. The molecule has 0 spiro atoms. The van der Waals surface area contributed by atoms with Gasteiger partial charge in [-0.1, -0.05) is 19.9 Å². The van der Waals surface area contributed by atoms with Crippen LogP contribution >= 0.6 is 7.92 Å². The average Bonchev–Trinajstić information content (AvgIpc) is 2.11. The minimum absolute atomic E-state index is 0.0746. The fourth-order valence-electron chi connectivity index (χ4n) is 1.39. The van der Waals surface area contributed by atoms with Crippen molar-refractivity contribution in [2.75, 3.05) is 19.5 Å². The minimum Gasteiger partial charge on any atom is -0.385 e. The van der Waals surface area contributed by atoms with Crippen LogP contribution < -0.4 is 0 Å². The molecule has 0 unspecified atom stereocenters. The van der Waals surface area contributed by atoms with Crippen molar-refractivity contribution in [3.63, 3.8) is 0 Å². The summed E-state index contributed by atoms with van der Waals surface area (Å²) < 4.78 is 0. The van der Waals surface area contributed by atoms with Gasteiger partial charge in [-0.3, -0.25) is 0 Å². The molecule has 1 nitrogen and oxygen atoms in total. The maximum atomic E-state index is 10.2. The molecule has 0 amide bonds. The molecule has 0 fully saturated rings. The van der Waals surface area contributed by atoms with E-state index in [1.165, 1.54) is 0 Å². The van der Waals surface area contributed by atoms with E-state index in [4.69, 9.17) is 0 Å². The normalized spacial score (nSPS) is 15.0. The summed E-state index contributed by atoms with van der Waals surface area (Å²) in [6.07, 6.45) is 3.89. The van der Waals surface area contributed by atoms with Crippen molar-refractivity contribution in [1.29, 1.82) is 0 Å². The molecule has 14 heavy (non-hydrogen) atoms. The Morgan fingerprint density at radius 2 is 2.07 bits per heavy atom. The zero-order valence-electron chi connectivity index (χ0n) is 9.93. The molecule has 0 aromatic heterocycles. The van der Waals surface area contributed by atoms with E-state index in [1.54, 1.807) is 0 Å². The van der Waals surface area contributed by atoms with Crippen LogP contribution in [0.2, 0.25) is 0 Å². The van der Waals surface area contributed by atoms with E-state index in [0.29, 0.717) is 0 Å². The van der Waals surface area contributed by atoms with Gasteiger partial charge in [-0.2, -0.15) is 0 Å². The Balaban J connectivity index is 4.34. The quantitative estimate of drug-likeness (QED) is 0.531. The van der Waals surface area contributed by atoms with Crippen LogP contribution in [0, 0.1) is 0 Å². The highest BCUT2D eigenvalue weighted by Crippen LogP contribution is 2.32. The lowest BCUT2D eigenvalue weighted by Crippen LogP contribution is -2.27. The molecule has 82 valence electrons. The van der Waals surface area contributed by atoms with Crippen LogP contribution in [0.4, 0.5) is 0 Å². The van der Waals surface area contributed by atoms with E-state index in [0.717, 1.165) is 31.0 Å². The third-order valence-electron chi connectivity index (χ3n) is 2.41. The fourth-order valence-corrected chi connectivity index (χ4v) is 2.27. The molecule has 1 N–H and O–H groups in total. The van der Waals surface area contributed by atoms with Gasteiger partial charge in [-0.15, -0.1) is 13.7 Å². The van der Waals surface area contributed by atoms with Gasteiger partial charge >= 0.3 is 0 Å². The van der Waals surface area contributed by atoms with Crippen LogP contribution in [0.25, 0.3) is 0 Å². The van der Waals surface area contributed by atoms with E-state index in [1.807, 2.05) is 6.92 Å². The molecule has 0 radical (unpaired) electrons. The van der Waals surface area contributed by atoms with E-state index < -0.39 is 5.60 Å². The molecule has 0 aliphatic heterocycles. The molecule has 0 rings (SSSR count). The summed E-state index contributed by atoms with van der Waals surface area (Å²) in [5.74, 6) is 0. The van der Waals surface area contributed by atoms with Crippen LogP contribution in [0.3, 0.4) is 0 Å². The summed E-state index contributed by atoms with van der Waals surface area (Å²) in [6.45, 7) is 12.1. The third kappa shape index (κ3) is 4.96. The van der Waals surface area contributed by atoms with Crippen molar-refractivity contribution in [3.05, 3.63) is 17.9 Å². The van der Waals surface area contributed by atoms with Crippen LogP contribution in [-0.4, -0.2) is 30.2 Å². The molecule has 0 aromatic rings. The number of hydrogen-bond donors (Lipinski definition) is 1. The van der Waals surface area contributed by atoms with Crippen molar-refractivity contribution in [1.82, 2.24) is 0 Å². The third-order valence-corrected chi connectivity index (χ3v) is 3.53. The summed E-state index contributed by atoms with van der Waals surface area (Å²) in [7, 11) is 0.0746. The summed E-state index contributed by atoms with van der Waals surface area (Å²) in [6, 6.07) is 0. The lowest BCUT2D eigenvalue weighted by Gasteiger charge is -2.26. The predicted octanol–water partition coefficient (Wildman–Crippen LogP) is 3.38. The van der Waals surface area contributed by atoms with Gasteiger partial charge in [-0.05, 0) is 39.3 Å². The fraction of sp³-hybridized carbons (Fsp3) is 0.750. The summed E-state index contributed by atoms with van der Waals surface area (Å²) >= 11 is 0. The second-order valence-corrected chi connectivity index (χ2v) is 6.84. The zero-order chi connectivity index (χ0) is 11.2. The zero-order valence-corrected chi connectivity index (χ0v) is 10.8. The molecule has 0 aliphatic rings. The average molecular weight is 214 g/mol. The molecule has 0 bridgehead atoms.